The summed E-state index contributed by atoms with van der Waals surface area (Å²) in [7, 11) is 5.89. The first-order chi connectivity index (χ1) is 8.60. The zero-order valence-corrected chi connectivity index (χ0v) is 11.2. The van der Waals surface area contributed by atoms with Crippen LogP contribution in [0.15, 0.2) is 6.20 Å². The highest BCUT2D eigenvalue weighted by molar-refractivity contribution is 5.87. The number of hydrogen-bond acceptors (Lipinski definition) is 6. The highest BCUT2D eigenvalue weighted by Crippen LogP contribution is 2.20. The minimum absolute atomic E-state index is 0.290. The number of rotatable bonds is 5. The van der Waals surface area contributed by atoms with Crippen LogP contribution in [-0.4, -0.2) is 58.8 Å². The van der Waals surface area contributed by atoms with E-state index in [9.17, 15) is 0 Å². The van der Waals surface area contributed by atoms with Crippen LogP contribution >= 0.6 is 0 Å². The standard InChI is InChI=1S/C11H19N7/c1-7(6-18(3)4)14-9-8-5-13-17-10(8)16-11(12-2)15-9/h5,7H,6H2,1-4H3,(H3,12,13,14,15,16,17). The van der Waals surface area contributed by atoms with Gasteiger partial charge in [-0.25, -0.2) is 0 Å². The van der Waals surface area contributed by atoms with Crippen molar-refractivity contribution in [1.29, 1.82) is 0 Å². The second-order valence-corrected chi connectivity index (χ2v) is 4.59. The molecule has 2 heterocycles. The van der Waals surface area contributed by atoms with Gasteiger partial charge in [-0.15, -0.1) is 0 Å². The van der Waals surface area contributed by atoms with E-state index < -0.39 is 0 Å². The lowest BCUT2D eigenvalue weighted by molar-refractivity contribution is 0.392. The number of hydrogen-bond donors (Lipinski definition) is 3. The van der Waals surface area contributed by atoms with Gasteiger partial charge < -0.3 is 15.5 Å². The SMILES string of the molecule is CNc1nc(NC(C)CN(C)C)c2cn[nH]c2n1. The van der Waals surface area contributed by atoms with Gasteiger partial charge in [0.2, 0.25) is 5.95 Å². The summed E-state index contributed by atoms with van der Waals surface area (Å²) in [6.07, 6.45) is 1.74. The quantitative estimate of drug-likeness (QED) is 0.725. The molecular formula is C11H19N7. The van der Waals surface area contributed by atoms with Crippen molar-refractivity contribution in [3.05, 3.63) is 6.20 Å². The lowest BCUT2D eigenvalue weighted by atomic mass is 10.3. The third-order valence-electron chi connectivity index (χ3n) is 2.56. The molecule has 0 amide bonds. The minimum atomic E-state index is 0.290. The lowest BCUT2D eigenvalue weighted by Crippen LogP contribution is -2.30. The largest absolute Gasteiger partial charge is 0.366 e. The number of aromatic nitrogens is 4. The molecule has 7 nitrogen and oxygen atoms in total. The van der Waals surface area contributed by atoms with Gasteiger partial charge in [-0.2, -0.15) is 15.1 Å². The van der Waals surface area contributed by atoms with E-state index in [4.69, 9.17) is 0 Å². The van der Waals surface area contributed by atoms with Gasteiger partial charge in [0, 0.05) is 19.6 Å². The van der Waals surface area contributed by atoms with Crippen molar-refractivity contribution >= 4 is 22.8 Å². The second-order valence-electron chi connectivity index (χ2n) is 4.59. The zero-order chi connectivity index (χ0) is 13.1. The number of fused-ring (bicyclic) bond motifs is 1. The Bertz CT molecular complexity index is 519. The highest BCUT2D eigenvalue weighted by atomic mass is 15.2. The highest BCUT2D eigenvalue weighted by Gasteiger charge is 2.11. The zero-order valence-electron chi connectivity index (χ0n) is 11.2. The first kappa shape index (κ1) is 12.6. The van der Waals surface area contributed by atoms with E-state index in [1.54, 1.807) is 13.2 Å². The van der Waals surface area contributed by atoms with Crippen LogP contribution in [0.1, 0.15) is 6.92 Å². The Kier molecular flexibility index (Phi) is 3.61. The normalized spacial score (nSPS) is 12.9. The van der Waals surface area contributed by atoms with E-state index in [1.165, 1.54) is 0 Å². The summed E-state index contributed by atoms with van der Waals surface area (Å²) in [5.74, 6) is 1.37. The van der Waals surface area contributed by atoms with Crippen molar-refractivity contribution in [2.45, 2.75) is 13.0 Å². The van der Waals surface area contributed by atoms with Gasteiger partial charge in [0.05, 0.1) is 11.6 Å². The van der Waals surface area contributed by atoms with Gasteiger partial charge >= 0.3 is 0 Å². The van der Waals surface area contributed by atoms with E-state index in [1.807, 2.05) is 14.1 Å². The summed E-state index contributed by atoms with van der Waals surface area (Å²) in [4.78, 5) is 10.8. The number of nitrogens with one attached hydrogen (secondary N) is 3. The van der Waals surface area contributed by atoms with E-state index in [0.717, 1.165) is 23.4 Å². The van der Waals surface area contributed by atoms with Crippen molar-refractivity contribution in [3.8, 4) is 0 Å². The first-order valence-electron chi connectivity index (χ1n) is 5.90. The molecule has 0 aromatic carbocycles. The van der Waals surface area contributed by atoms with Crippen molar-refractivity contribution in [2.75, 3.05) is 38.3 Å². The molecule has 0 radical (unpaired) electrons. The minimum Gasteiger partial charge on any atom is -0.366 e. The predicted octanol–water partition coefficient (Wildman–Crippen LogP) is 0.757. The van der Waals surface area contributed by atoms with Crippen LogP contribution in [0.25, 0.3) is 11.0 Å². The summed E-state index contributed by atoms with van der Waals surface area (Å²) in [5, 5.41) is 14.1. The second kappa shape index (κ2) is 5.18. The van der Waals surface area contributed by atoms with E-state index in [2.05, 4.69) is 42.6 Å². The fourth-order valence-corrected chi connectivity index (χ4v) is 1.88. The molecule has 0 fully saturated rings. The Morgan fingerprint density at radius 3 is 2.83 bits per heavy atom. The fourth-order valence-electron chi connectivity index (χ4n) is 1.88. The van der Waals surface area contributed by atoms with Crippen molar-refractivity contribution < 1.29 is 0 Å². The Labute approximate surface area is 106 Å². The molecule has 2 aromatic heterocycles. The molecule has 0 spiro atoms. The molecular weight excluding hydrogens is 230 g/mol. The summed E-state index contributed by atoms with van der Waals surface area (Å²) in [5.41, 5.74) is 0.730. The van der Waals surface area contributed by atoms with Gasteiger partial charge in [-0.3, -0.25) is 5.10 Å². The van der Waals surface area contributed by atoms with Crippen molar-refractivity contribution in [1.82, 2.24) is 25.1 Å². The predicted molar refractivity (Wildman–Crippen MR) is 72.9 cm³/mol. The number of aromatic amines is 1. The van der Waals surface area contributed by atoms with E-state index >= 15 is 0 Å². The summed E-state index contributed by atoms with van der Waals surface area (Å²) in [6.45, 7) is 3.05. The van der Waals surface area contributed by atoms with Gasteiger partial charge in [0.15, 0.2) is 5.65 Å². The third kappa shape index (κ3) is 2.67. The molecule has 98 valence electrons. The average Bonchev–Trinajstić information content (AvgIpc) is 2.75. The van der Waals surface area contributed by atoms with E-state index in [-0.39, 0.29) is 6.04 Å². The maximum absolute atomic E-state index is 4.43. The number of H-pyrrole nitrogens is 1. The summed E-state index contributed by atoms with van der Waals surface area (Å²) >= 11 is 0. The molecule has 3 N–H and O–H groups in total. The molecule has 0 saturated heterocycles. The van der Waals surface area contributed by atoms with Gasteiger partial charge in [-0.1, -0.05) is 0 Å². The van der Waals surface area contributed by atoms with Crippen LogP contribution in [0.4, 0.5) is 11.8 Å². The van der Waals surface area contributed by atoms with E-state index in [0.29, 0.717) is 5.95 Å². The molecule has 2 aromatic rings. The third-order valence-corrected chi connectivity index (χ3v) is 2.56. The van der Waals surface area contributed by atoms with Crippen LogP contribution < -0.4 is 10.6 Å². The fraction of sp³-hybridized carbons (Fsp3) is 0.545. The maximum Gasteiger partial charge on any atom is 0.226 e. The molecule has 0 aliphatic rings. The van der Waals surface area contributed by atoms with Crippen molar-refractivity contribution in [2.24, 2.45) is 0 Å². The lowest BCUT2D eigenvalue weighted by Gasteiger charge is -2.19. The number of likely N-dealkylation sites (N-methyl/N-ethyl adjacent to an activating group) is 1. The monoisotopic (exact) mass is 249 g/mol. The molecule has 7 heteroatoms. The van der Waals surface area contributed by atoms with Crippen LogP contribution in [0.5, 0.6) is 0 Å². The molecule has 0 aliphatic carbocycles. The first-order valence-corrected chi connectivity index (χ1v) is 5.90. The maximum atomic E-state index is 4.43. The molecule has 0 bridgehead atoms. The van der Waals surface area contributed by atoms with Crippen LogP contribution in [0, 0.1) is 0 Å². The van der Waals surface area contributed by atoms with Crippen molar-refractivity contribution in [3.63, 3.8) is 0 Å². The van der Waals surface area contributed by atoms with Crippen LogP contribution in [0.3, 0.4) is 0 Å². The van der Waals surface area contributed by atoms with Crippen LogP contribution in [0.2, 0.25) is 0 Å². The number of anilines is 2. The van der Waals surface area contributed by atoms with Gasteiger partial charge in [-0.05, 0) is 21.0 Å². The number of nitrogens with zero attached hydrogens (tertiary/aromatic N) is 4. The Morgan fingerprint density at radius 2 is 2.17 bits per heavy atom. The Hall–Kier alpha value is -1.89. The van der Waals surface area contributed by atoms with Crippen LogP contribution in [-0.2, 0) is 0 Å². The topological polar surface area (TPSA) is 81.8 Å². The molecule has 2 rings (SSSR count). The molecule has 0 saturated carbocycles. The Balaban J connectivity index is 2.28. The van der Waals surface area contributed by atoms with Gasteiger partial charge in [0.25, 0.3) is 0 Å². The smallest absolute Gasteiger partial charge is 0.226 e. The summed E-state index contributed by atoms with van der Waals surface area (Å²) < 4.78 is 0. The summed E-state index contributed by atoms with van der Waals surface area (Å²) in [6, 6.07) is 0.290. The molecule has 0 aliphatic heterocycles. The molecule has 1 atom stereocenters. The average molecular weight is 249 g/mol. The molecule has 1 unspecified atom stereocenters. The van der Waals surface area contributed by atoms with Gasteiger partial charge in [0.1, 0.15) is 5.82 Å². The Morgan fingerprint density at radius 1 is 1.39 bits per heavy atom. The molecule has 18 heavy (non-hydrogen) atoms.